The number of nitrogens with two attached hydrogens (primary N) is 1. The van der Waals surface area contributed by atoms with Gasteiger partial charge in [0, 0.05) is 11.1 Å². The lowest BCUT2D eigenvalue weighted by atomic mass is 9.71. The van der Waals surface area contributed by atoms with Crippen molar-refractivity contribution in [2.75, 3.05) is 7.11 Å². The van der Waals surface area contributed by atoms with Crippen molar-refractivity contribution in [3.63, 3.8) is 0 Å². The number of halogens is 1. The van der Waals surface area contributed by atoms with Crippen molar-refractivity contribution in [3.05, 3.63) is 21.7 Å². The molecule has 0 aliphatic heterocycles. The molecule has 0 radical (unpaired) electrons. The molecule has 1 aliphatic rings. The van der Waals surface area contributed by atoms with Crippen LogP contribution < -0.4 is 10.5 Å². The summed E-state index contributed by atoms with van der Waals surface area (Å²) in [6.45, 7) is 1.96. The van der Waals surface area contributed by atoms with Crippen LogP contribution in [-0.2, 0) is 5.54 Å². The molecule has 0 bridgehead atoms. The first kappa shape index (κ1) is 11.7. The van der Waals surface area contributed by atoms with E-state index in [1.807, 2.05) is 13.0 Å². The molecule has 0 atom stereocenters. The van der Waals surface area contributed by atoms with Crippen LogP contribution in [0.15, 0.2) is 10.5 Å². The number of aromatic hydroxyl groups is 1. The lowest BCUT2D eigenvalue weighted by Crippen LogP contribution is -2.43. The van der Waals surface area contributed by atoms with Crippen molar-refractivity contribution < 1.29 is 9.84 Å². The largest absolute Gasteiger partial charge is 0.504 e. The molecule has 3 nitrogen and oxygen atoms in total. The van der Waals surface area contributed by atoms with Gasteiger partial charge in [-0.05, 0) is 53.7 Å². The number of hydrogen-bond acceptors (Lipinski definition) is 3. The highest BCUT2D eigenvalue weighted by atomic mass is 79.9. The molecule has 3 N–H and O–H groups in total. The summed E-state index contributed by atoms with van der Waals surface area (Å²) >= 11 is 3.37. The molecule has 0 amide bonds. The second-order valence-electron chi connectivity index (χ2n) is 4.44. The van der Waals surface area contributed by atoms with Gasteiger partial charge in [0.25, 0.3) is 0 Å². The fraction of sp³-hybridized carbons (Fsp3) is 0.500. The number of hydrogen-bond donors (Lipinski definition) is 2. The number of rotatable bonds is 2. The monoisotopic (exact) mass is 285 g/mol. The minimum Gasteiger partial charge on any atom is -0.504 e. The standard InChI is InChI=1S/C12H16BrNO2/c1-7-6-8(13)11(16-2)10(15)9(7)12(14)4-3-5-12/h6,15H,3-5,14H2,1-2H3. The first-order valence-corrected chi connectivity index (χ1v) is 6.14. The Morgan fingerprint density at radius 2 is 2.12 bits per heavy atom. The van der Waals surface area contributed by atoms with Gasteiger partial charge in [0.15, 0.2) is 11.5 Å². The Morgan fingerprint density at radius 1 is 1.50 bits per heavy atom. The van der Waals surface area contributed by atoms with Gasteiger partial charge in [-0.1, -0.05) is 0 Å². The number of ether oxygens (including phenoxy) is 1. The zero-order chi connectivity index (χ0) is 11.9. The SMILES string of the molecule is COc1c(Br)cc(C)c(C2(N)CCC2)c1O. The molecule has 0 aromatic heterocycles. The van der Waals surface area contributed by atoms with Crippen LogP contribution in [-0.4, -0.2) is 12.2 Å². The zero-order valence-electron chi connectivity index (χ0n) is 9.51. The predicted octanol–water partition coefficient (Wildman–Crippen LogP) is 2.81. The zero-order valence-corrected chi connectivity index (χ0v) is 11.1. The van der Waals surface area contributed by atoms with Crippen molar-refractivity contribution >= 4 is 15.9 Å². The van der Waals surface area contributed by atoms with Gasteiger partial charge in [0.1, 0.15) is 0 Å². The van der Waals surface area contributed by atoms with Crippen LogP contribution in [0.5, 0.6) is 11.5 Å². The summed E-state index contributed by atoms with van der Waals surface area (Å²) in [5.74, 6) is 0.647. The van der Waals surface area contributed by atoms with Crippen LogP contribution in [0, 0.1) is 6.92 Å². The summed E-state index contributed by atoms with van der Waals surface area (Å²) in [5.41, 5.74) is 7.73. The Kier molecular flexibility index (Phi) is 2.88. The molecule has 1 fully saturated rings. The van der Waals surface area contributed by atoms with E-state index in [4.69, 9.17) is 10.5 Å². The van der Waals surface area contributed by atoms with Crippen molar-refractivity contribution in [2.45, 2.75) is 31.7 Å². The Morgan fingerprint density at radius 3 is 2.56 bits per heavy atom. The quantitative estimate of drug-likeness (QED) is 0.879. The summed E-state index contributed by atoms with van der Waals surface area (Å²) in [6.07, 6.45) is 2.96. The maximum Gasteiger partial charge on any atom is 0.175 e. The third-order valence-corrected chi connectivity index (χ3v) is 3.94. The van der Waals surface area contributed by atoms with E-state index in [0.29, 0.717) is 5.75 Å². The molecule has 1 aromatic rings. The summed E-state index contributed by atoms with van der Waals surface area (Å²) in [7, 11) is 1.54. The lowest BCUT2D eigenvalue weighted by molar-refractivity contribution is 0.241. The van der Waals surface area contributed by atoms with Gasteiger partial charge in [0.05, 0.1) is 11.6 Å². The van der Waals surface area contributed by atoms with Gasteiger partial charge in [-0.15, -0.1) is 0 Å². The summed E-state index contributed by atoms with van der Waals surface area (Å²) < 4.78 is 5.94. The van der Waals surface area contributed by atoms with Crippen LogP contribution in [0.4, 0.5) is 0 Å². The maximum absolute atomic E-state index is 10.2. The first-order chi connectivity index (χ1) is 7.49. The van der Waals surface area contributed by atoms with Crippen LogP contribution in [0.2, 0.25) is 0 Å². The van der Waals surface area contributed by atoms with Crippen LogP contribution >= 0.6 is 15.9 Å². The third-order valence-electron chi connectivity index (χ3n) is 3.35. The minimum atomic E-state index is -0.373. The van der Waals surface area contributed by atoms with Gasteiger partial charge in [-0.3, -0.25) is 0 Å². The van der Waals surface area contributed by atoms with E-state index in [9.17, 15) is 5.11 Å². The van der Waals surface area contributed by atoms with E-state index in [2.05, 4.69) is 15.9 Å². The van der Waals surface area contributed by atoms with E-state index in [1.165, 1.54) is 0 Å². The molecule has 1 saturated carbocycles. The average Bonchev–Trinajstić information content (AvgIpc) is 2.14. The van der Waals surface area contributed by atoms with Crippen molar-refractivity contribution in [1.82, 2.24) is 0 Å². The second-order valence-corrected chi connectivity index (χ2v) is 5.30. The summed E-state index contributed by atoms with van der Waals surface area (Å²) in [5, 5.41) is 10.2. The number of phenols is 1. The Balaban J connectivity index is 2.60. The van der Waals surface area contributed by atoms with Gasteiger partial charge >= 0.3 is 0 Å². The Bertz CT molecular complexity index is 428. The number of methoxy groups -OCH3 is 1. The van der Waals surface area contributed by atoms with E-state index < -0.39 is 0 Å². The molecular weight excluding hydrogens is 270 g/mol. The molecule has 0 saturated heterocycles. The molecule has 1 aromatic carbocycles. The Labute approximate surface area is 104 Å². The van der Waals surface area contributed by atoms with E-state index in [1.54, 1.807) is 7.11 Å². The summed E-state index contributed by atoms with van der Waals surface area (Å²) in [4.78, 5) is 0. The average molecular weight is 286 g/mol. The highest BCUT2D eigenvalue weighted by Gasteiger charge is 2.39. The molecule has 88 valence electrons. The molecule has 0 unspecified atom stereocenters. The number of phenolic OH excluding ortho intramolecular Hbond substituents is 1. The van der Waals surface area contributed by atoms with Gasteiger partial charge in [-0.25, -0.2) is 0 Å². The molecule has 16 heavy (non-hydrogen) atoms. The third kappa shape index (κ3) is 1.60. The molecule has 4 heteroatoms. The van der Waals surface area contributed by atoms with Gasteiger partial charge in [-0.2, -0.15) is 0 Å². The second kappa shape index (κ2) is 3.93. The van der Waals surface area contributed by atoms with Crippen molar-refractivity contribution in [2.24, 2.45) is 5.73 Å². The Hall–Kier alpha value is -0.740. The first-order valence-electron chi connectivity index (χ1n) is 5.35. The molecule has 0 spiro atoms. The predicted molar refractivity (Wildman–Crippen MR) is 66.8 cm³/mol. The van der Waals surface area contributed by atoms with Crippen LogP contribution in [0.25, 0.3) is 0 Å². The van der Waals surface area contributed by atoms with E-state index in [-0.39, 0.29) is 11.3 Å². The fourth-order valence-corrected chi connectivity index (χ4v) is 3.06. The topological polar surface area (TPSA) is 55.5 Å². The molecule has 2 rings (SSSR count). The normalized spacial score (nSPS) is 18.0. The number of benzene rings is 1. The number of aryl methyl sites for hydroxylation is 1. The van der Waals surface area contributed by atoms with Crippen molar-refractivity contribution in [3.8, 4) is 11.5 Å². The highest BCUT2D eigenvalue weighted by Crippen LogP contribution is 2.49. The fourth-order valence-electron chi connectivity index (χ4n) is 2.37. The molecule has 0 heterocycles. The smallest absolute Gasteiger partial charge is 0.175 e. The lowest BCUT2D eigenvalue weighted by Gasteiger charge is -2.40. The van der Waals surface area contributed by atoms with Crippen LogP contribution in [0.3, 0.4) is 0 Å². The molecular formula is C12H16BrNO2. The molecule has 1 aliphatic carbocycles. The van der Waals surface area contributed by atoms with E-state index >= 15 is 0 Å². The van der Waals surface area contributed by atoms with E-state index in [0.717, 1.165) is 34.9 Å². The minimum absolute atomic E-state index is 0.177. The maximum atomic E-state index is 10.2. The highest BCUT2D eigenvalue weighted by molar-refractivity contribution is 9.10. The summed E-state index contributed by atoms with van der Waals surface area (Å²) in [6, 6.07) is 1.95. The van der Waals surface area contributed by atoms with Gasteiger partial charge in [0.2, 0.25) is 0 Å². The van der Waals surface area contributed by atoms with Crippen molar-refractivity contribution in [1.29, 1.82) is 0 Å². The van der Waals surface area contributed by atoms with Gasteiger partial charge < -0.3 is 15.6 Å². The van der Waals surface area contributed by atoms with Crippen LogP contribution in [0.1, 0.15) is 30.4 Å².